The highest BCUT2D eigenvalue weighted by Gasteiger charge is 2.05. The summed E-state index contributed by atoms with van der Waals surface area (Å²) in [6.45, 7) is 1.95. The smallest absolute Gasteiger partial charge is 0.132 e. The lowest BCUT2D eigenvalue weighted by atomic mass is 10.00. The van der Waals surface area contributed by atoms with Gasteiger partial charge in [-0.2, -0.15) is 0 Å². The molecule has 110 valence electrons. The first-order chi connectivity index (χ1) is 10.1. The van der Waals surface area contributed by atoms with Gasteiger partial charge in [0.2, 0.25) is 0 Å². The molecule has 0 saturated heterocycles. The van der Waals surface area contributed by atoms with Gasteiger partial charge < -0.3 is 17.2 Å². The Morgan fingerprint density at radius 3 is 2.76 bits per heavy atom. The van der Waals surface area contributed by atoms with Crippen molar-refractivity contribution >= 4 is 17.9 Å². The Balaban J connectivity index is 3.14. The summed E-state index contributed by atoms with van der Waals surface area (Å²) < 4.78 is 0. The topological polar surface area (TPSA) is 114 Å². The zero-order valence-corrected chi connectivity index (χ0v) is 12.1. The quantitative estimate of drug-likeness (QED) is 0.277. The molecule has 0 aliphatic carbocycles. The number of aliphatic imine (C=N–C) groups is 1. The summed E-state index contributed by atoms with van der Waals surface area (Å²) in [7, 11) is 0. The highest BCUT2D eigenvalue weighted by atomic mass is 14.9. The molecule has 0 aliphatic heterocycles. The van der Waals surface area contributed by atoms with Crippen LogP contribution in [0.5, 0.6) is 0 Å². The number of nitrogens with two attached hydrogens (primary N) is 3. The summed E-state index contributed by atoms with van der Waals surface area (Å²) in [6.07, 6.45) is 10.8. The Labute approximate surface area is 125 Å². The first-order valence-corrected chi connectivity index (χ1v) is 6.53. The van der Waals surface area contributed by atoms with E-state index in [0.29, 0.717) is 17.9 Å². The van der Waals surface area contributed by atoms with Crippen molar-refractivity contribution in [3.63, 3.8) is 0 Å². The van der Waals surface area contributed by atoms with E-state index in [4.69, 9.17) is 22.6 Å². The van der Waals surface area contributed by atoms with Crippen LogP contribution in [0.4, 0.5) is 5.69 Å². The minimum Gasteiger partial charge on any atom is -0.405 e. The van der Waals surface area contributed by atoms with Crippen molar-refractivity contribution in [1.29, 1.82) is 5.41 Å². The molecule has 0 aliphatic rings. The lowest BCUT2D eigenvalue weighted by Gasteiger charge is -2.09. The van der Waals surface area contributed by atoms with E-state index in [2.05, 4.69) is 4.99 Å². The Hall–Kier alpha value is -2.82. The summed E-state index contributed by atoms with van der Waals surface area (Å²) >= 11 is 0. The molecule has 0 bridgehead atoms. The molecule has 0 unspecified atom stereocenters. The third kappa shape index (κ3) is 4.99. The number of hydrogen-bond acceptors (Lipinski definition) is 3. The van der Waals surface area contributed by atoms with Crippen molar-refractivity contribution in [2.75, 3.05) is 5.73 Å². The number of nitrogen functional groups attached to an aromatic ring is 1. The van der Waals surface area contributed by atoms with Crippen molar-refractivity contribution in [1.82, 2.24) is 0 Å². The number of allylic oxidation sites excluding steroid dienone is 5. The van der Waals surface area contributed by atoms with Crippen LogP contribution in [0.2, 0.25) is 0 Å². The van der Waals surface area contributed by atoms with Crippen molar-refractivity contribution in [3.8, 4) is 0 Å². The molecule has 0 fully saturated rings. The highest BCUT2D eigenvalue weighted by Crippen LogP contribution is 2.19. The van der Waals surface area contributed by atoms with Crippen molar-refractivity contribution in [2.24, 2.45) is 16.5 Å². The average Bonchev–Trinajstić information content (AvgIpc) is 2.47. The van der Waals surface area contributed by atoms with E-state index < -0.39 is 0 Å². The minimum atomic E-state index is 0.291. The number of benzene rings is 1. The number of nitrogens with one attached hydrogen (secondary N) is 1. The normalized spacial score (nSPS) is 13.2. The van der Waals surface area contributed by atoms with Gasteiger partial charge in [-0.3, -0.25) is 5.41 Å². The predicted octanol–water partition coefficient (Wildman–Crippen LogP) is 2.10. The Morgan fingerprint density at radius 1 is 1.38 bits per heavy atom. The Kier molecular flexibility index (Phi) is 6.47. The Bertz CT molecular complexity index is 609. The molecular weight excluding hydrogens is 262 g/mol. The molecule has 0 spiro atoms. The first kappa shape index (κ1) is 16.2. The standard InChI is InChI=1S/C16H21N5/c1-2-3-4-12(7-8-17)9-14-10-13(5-6-15(14)19)16(20)21-11-18/h2-8,10-11H,9,17,19H2,1H3,(H3,18,20,21)/b3-2-,8-7+,12-4+. The number of rotatable bonds is 6. The fraction of sp³-hybridized carbons (Fsp3) is 0.125. The molecule has 1 aromatic rings. The second-order valence-corrected chi connectivity index (χ2v) is 4.36. The van der Waals surface area contributed by atoms with Crippen LogP contribution in [0.1, 0.15) is 18.1 Å². The van der Waals surface area contributed by atoms with Crippen LogP contribution in [0.25, 0.3) is 0 Å². The molecule has 0 radical (unpaired) electrons. The van der Waals surface area contributed by atoms with E-state index in [1.54, 1.807) is 12.1 Å². The number of hydrogen-bond donors (Lipinski definition) is 4. The van der Waals surface area contributed by atoms with E-state index >= 15 is 0 Å². The van der Waals surface area contributed by atoms with Gasteiger partial charge in [-0.25, -0.2) is 4.99 Å². The first-order valence-electron chi connectivity index (χ1n) is 6.53. The zero-order chi connectivity index (χ0) is 15.7. The van der Waals surface area contributed by atoms with Crippen molar-refractivity contribution in [3.05, 3.63) is 65.4 Å². The molecule has 0 atom stereocenters. The summed E-state index contributed by atoms with van der Waals surface area (Å²) in [5.74, 6) is 0.291. The highest BCUT2D eigenvalue weighted by molar-refractivity contribution is 6.01. The summed E-state index contributed by atoms with van der Waals surface area (Å²) in [6, 6.07) is 5.46. The van der Waals surface area contributed by atoms with Gasteiger partial charge >= 0.3 is 0 Å². The van der Waals surface area contributed by atoms with Crippen LogP contribution in [-0.4, -0.2) is 12.2 Å². The molecule has 0 aromatic heterocycles. The van der Waals surface area contributed by atoms with E-state index in [0.717, 1.165) is 23.0 Å². The van der Waals surface area contributed by atoms with Crippen molar-refractivity contribution < 1.29 is 0 Å². The lowest BCUT2D eigenvalue weighted by molar-refractivity contribution is 1.19. The molecule has 5 heteroatoms. The van der Waals surface area contributed by atoms with Crippen molar-refractivity contribution in [2.45, 2.75) is 13.3 Å². The van der Waals surface area contributed by atoms with E-state index in [9.17, 15) is 0 Å². The van der Waals surface area contributed by atoms with Crippen LogP contribution in [-0.2, 0) is 6.42 Å². The van der Waals surface area contributed by atoms with Crippen LogP contribution < -0.4 is 17.2 Å². The van der Waals surface area contributed by atoms with Crippen LogP contribution in [0.3, 0.4) is 0 Å². The summed E-state index contributed by atoms with van der Waals surface area (Å²) in [4.78, 5) is 3.77. The maximum absolute atomic E-state index is 6.97. The molecule has 0 amide bonds. The van der Waals surface area contributed by atoms with Gasteiger partial charge in [-0.05, 0) is 55.0 Å². The Morgan fingerprint density at radius 2 is 2.14 bits per heavy atom. The number of amidine groups is 1. The lowest BCUT2D eigenvalue weighted by Crippen LogP contribution is -2.14. The van der Waals surface area contributed by atoms with Gasteiger partial charge in [0.25, 0.3) is 0 Å². The molecule has 1 aromatic carbocycles. The second kappa shape index (κ2) is 8.37. The molecule has 7 N–H and O–H groups in total. The minimum absolute atomic E-state index is 0.291. The fourth-order valence-electron chi connectivity index (χ4n) is 1.80. The monoisotopic (exact) mass is 283 g/mol. The van der Waals surface area contributed by atoms with E-state index in [1.165, 1.54) is 6.20 Å². The summed E-state index contributed by atoms with van der Waals surface area (Å²) in [5, 5.41) is 6.97. The maximum Gasteiger partial charge on any atom is 0.132 e. The predicted molar refractivity (Wildman–Crippen MR) is 90.3 cm³/mol. The molecular formula is C16H21N5. The van der Waals surface area contributed by atoms with Gasteiger partial charge in [-0.1, -0.05) is 18.2 Å². The fourth-order valence-corrected chi connectivity index (χ4v) is 1.80. The average molecular weight is 283 g/mol. The SMILES string of the molecule is C\C=C/C=C(\C=C\N)Cc1cc(C(N)=NC=N)ccc1N. The molecule has 0 saturated carbocycles. The van der Waals surface area contributed by atoms with Crippen LogP contribution in [0, 0.1) is 5.41 Å². The van der Waals surface area contributed by atoms with E-state index in [1.807, 2.05) is 37.3 Å². The van der Waals surface area contributed by atoms with E-state index in [-0.39, 0.29) is 0 Å². The van der Waals surface area contributed by atoms with Crippen LogP contribution >= 0.6 is 0 Å². The van der Waals surface area contributed by atoms with Gasteiger partial charge in [0, 0.05) is 11.3 Å². The van der Waals surface area contributed by atoms with Gasteiger partial charge in [0.05, 0.1) is 0 Å². The zero-order valence-electron chi connectivity index (χ0n) is 12.1. The van der Waals surface area contributed by atoms with Gasteiger partial charge in [0.1, 0.15) is 12.2 Å². The van der Waals surface area contributed by atoms with Gasteiger partial charge in [-0.15, -0.1) is 0 Å². The van der Waals surface area contributed by atoms with Gasteiger partial charge in [0.15, 0.2) is 0 Å². The maximum atomic E-state index is 6.97. The van der Waals surface area contributed by atoms with Crippen LogP contribution in [0.15, 0.2) is 59.3 Å². The largest absolute Gasteiger partial charge is 0.405 e. The number of anilines is 1. The third-order valence-corrected chi connectivity index (χ3v) is 2.85. The molecule has 5 nitrogen and oxygen atoms in total. The third-order valence-electron chi connectivity index (χ3n) is 2.85. The molecule has 21 heavy (non-hydrogen) atoms. The molecule has 1 rings (SSSR count). The number of nitrogens with zero attached hydrogens (tertiary/aromatic N) is 1. The molecule has 0 heterocycles. The second-order valence-electron chi connectivity index (χ2n) is 4.36. The summed E-state index contributed by atoms with van der Waals surface area (Å²) in [5.41, 5.74) is 20.7.